The van der Waals surface area contributed by atoms with Crippen LogP contribution in [0, 0.1) is 6.92 Å². The second kappa shape index (κ2) is 8.18. The quantitative estimate of drug-likeness (QED) is 0.420. The van der Waals surface area contributed by atoms with E-state index in [0.717, 1.165) is 27.4 Å². The van der Waals surface area contributed by atoms with Crippen molar-refractivity contribution in [1.82, 2.24) is 13.5 Å². The Morgan fingerprint density at radius 2 is 1.79 bits per heavy atom. The molecule has 2 heterocycles. The van der Waals surface area contributed by atoms with Gasteiger partial charge < -0.3 is 4.74 Å². The molecule has 0 amide bonds. The van der Waals surface area contributed by atoms with Gasteiger partial charge in [-0.1, -0.05) is 11.6 Å². The molecule has 0 saturated carbocycles. The number of ether oxygens (including phenoxy) is 1. The van der Waals surface area contributed by atoms with E-state index in [1.165, 1.54) is 17.6 Å². The largest absolute Gasteiger partial charge is 0.490 e. The van der Waals surface area contributed by atoms with E-state index in [4.69, 9.17) is 4.74 Å². The van der Waals surface area contributed by atoms with Crippen LogP contribution in [0.15, 0.2) is 52.1 Å². The zero-order valence-electron chi connectivity index (χ0n) is 18.2. The molecule has 0 aliphatic carbocycles. The molecule has 0 fully saturated rings. The molecule has 0 aliphatic rings. The van der Waals surface area contributed by atoms with Crippen LogP contribution in [0.5, 0.6) is 5.75 Å². The van der Waals surface area contributed by atoms with E-state index in [2.05, 4.69) is 4.37 Å². The molecule has 0 radical (unpaired) electrons. The molecule has 0 N–H and O–H groups in total. The molecule has 4 rings (SSSR count). The van der Waals surface area contributed by atoms with Gasteiger partial charge >= 0.3 is 11.9 Å². The molecule has 2 aromatic heterocycles. The maximum Gasteiger partial charge on any atom is 0.431 e. The van der Waals surface area contributed by atoms with Crippen molar-refractivity contribution in [3.05, 3.63) is 74.6 Å². The normalized spacial score (nSPS) is 12.0. The first-order valence-corrected chi connectivity index (χ1v) is 10.8. The molecular weight excluding hydrogens is 455 g/mol. The molecule has 0 spiro atoms. The highest BCUT2D eigenvalue weighted by atomic mass is 32.1. The highest BCUT2D eigenvalue weighted by Gasteiger charge is 2.35. The summed E-state index contributed by atoms with van der Waals surface area (Å²) in [5.74, 6) is 0.635. The van der Waals surface area contributed by atoms with E-state index in [9.17, 15) is 22.8 Å². The van der Waals surface area contributed by atoms with Crippen molar-refractivity contribution in [2.45, 2.75) is 33.1 Å². The van der Waals surface area contributed by atoms with Crippen molar-refractivity contribution >= 4 is 21.6 Å². The fourth-order valence-electron chi connectivity index (χ4n) is 3.58. The summed E-state index contributed by atoms with van der Waals surface area (Å²) >= 11 is 1.24. The fourth-order valence-corrected chi connectivity index (χ4v) is 4.35. The van der Waals surface area contributed by atoms with E-state index < -0.39 is 23.1 Å². The number of aromatic nitrogens is 3. The van der Waals surface area contributed by atoms with Crippen LogP contribution >= 0.6 is 11.5 Å². The Labute approximate surface area is 190 Å². The van der Waals surface area contributed by atoms with Crippen LogP contribution in [0.3, 0.4) is 0 Å². The van der Waals surface area contributed by atoms with Gasteiger partial charge in [-0.25, -0.2) is 9.36 Å². The average molecular weight is 475 g/mol. The minimum atomic E-state index is -4.82. The Morgan fingerprint density at radius 3 is 2.45 bits per heavy atom. The topological polar surface area (TPSA) is 66.1 Å². The number of hydrogen-bond donors (Lipinski definition) is 0. The van der Waals surface area contributed by atoms with Gasteiger partial charge in [0.05, 0.1) is 22.2 Å². The first-order chi connectivity index (χ1) is 15.5. The smallest absolute Gasteiger partial charge is 0.431 e. The van der Waals surface area contributed by atoms with Gasteiger partial charge in [-0.3, -0.25) is 9.36 Å². The molecule has 0 bridgehead atoms. The van der Waals surface area contributed by atoms with Gasteiger partial charge in [0.25, 0.3) is 5.56 Å². The minimum Gasteiger partial charge on any atom is -0.490 e. The van der Waals surface area contributed by atoms with E-state index >= 15 is 0 Å². The summed E-state index contributed by atoms with van der Waals surface area (Å²) in [4.78, 5) is 25.2. The van der Waals surface area contributed by atoms with Crippen LogP contribution < -0.4 is 16.0 Å². The van der Waals surface area contributed by atoms with E-state index in [1.807, 2.05) is 39.0 Å². The fraction of sp³-hybridized carbons (Fsp3) is 0.261. The summed E-state index contributed by atoms with van der Waals surface area (Å²) in [5, 5.41) is 0.658. The summed E-state index contributed by atoms with van der Waals surface area (Å²) in [6.07, 6.45) is -4.89. The Balaban J connectivity index is 1.94. The first-order valence-electron chi connectivity index (χ1n) is 10.0. The average Bonchev–Trinajstić information content (AvgIpc) is 3.14. The molecular formula is C23H20F3N3O3S. The number of alkyl halides is 3. The second-order valence-corrected chi connectivity index (χ2v) is 8.73. The molecule has 6 nitrogen and oxygen atoms in total. The van der Waals surface area contributed by atoms with Crippen molar-refractivity contribution in [3.63, 3.8) is 0 Å². The molecule has 2 aromatic carbocycles. The predicted octanol–water partition coefficient (Wildman–Crippen LogP) is 4.93. The molecule has 0 unspecified atom stereocenters. The van der Waals surface area contributed by atoms with Gasteiger partial charge in [0.1, 0.15) is 11.4 Å². The number of rotatable bonds is 4. The van der Waals surface area contributed by atoms with Gasteiger partial charge in [0.2, 0.25) is 0 Å². The standard InChI is InChI=1S/C23H20F3N3O3S/c1-12(2)32-17-7-5-13(3)9-15(17)21-16-10-14(6-8-18(16)33-27-21)29-20(30)11-19(23(24,25)26)28(4)22(29)31/h5-12H,1-4H3. The molecule has 172 valence electrons. The van der Waals surface area contributed by atoms with Crippen molar-refractivity contribution in [3.8, 4) is 22.7 Å². The summed E-state index contributed by atoms with van der Waals surface area (Å²) in [7, 11) is 0.986. The Bertz CT molecular complexity index is 1480. The lowest BCUT2D eigenvalue weighted by molar-refractivity contribution is -0.144. The van der Waals surface area contributed by atoms with Crippen molar-refractivity contribution in [1.29, 1.82) is 0 Å². The molecule has 4 aromatic rings. The Morgan fingerprint density at radius 1 is 1.06 bits per heavy atom. The minimum absolute atomic E-state index is 0.0688. The lowest BCUT2D eigenvalue weighted by Crippen LogP contribution is -2.40. The van der Waals surface area contributed by atoms with Gasteiger partial charge in [-0.05, 0) is 62.6 Å². The highest BCUT2D eigenvalue weighted by Crippen LogP contribution is 2.38. The van der Waals surface area contributed by atoms with Crippen molar-refractivity contribution in [2.24, 2.45) is 7.05 Å². The maximum atomic E-state index is 13.2. The van der Waals surface area contributed by atoms with Crippen molar-refractivity contribution < 1.29 is 17.9 Å². The zero-order chi connectivity index (χ0) is 24.1. The monoisotopic (exact) mass is 475 g/mol. The third-order valence-electron chi connectivity index (χ3n) is 5.08. The van der Waals surface area contributed by atoms with Crippen molar-refractivity contribution in [2.75, 3.05) is 0 Å². The third kappa shape index (κ3) is 4.18. The summed E-state index contributed by atoms with van der Waals surface area (Å²) in [6, 6.07) is 10.9. The van der Waals surface area contributed by atoms with Gasteiger partial charge in [0, 0.05) is 24.1 Å². The Kier molecular flexibility index (Phi) is 5.65. The van der Waals surface area contributed by atoms with Crippen LogP contribution in [0.4, 0.5) is 13.2 Å². The summed E-state index contributed by atoms with van der Waals surface area (Å²) in [6.45, 7) is 5.76. The number of nitrogens with zero attached hydrogens (tertiary/aromatic N) is 3. The summed E-state index contributed by atoms with van der Waals surface area (Å²) in [5.41, 5.74) is -0.948. The van der Waals surface area contributed by atoms with E-state index in [1.54, 1.807) is 12.1 Å². The SMILES string of the molecule is Cc1ccc(OC(C)C)c(-c2nsc3ccc(-n4c(=O)cc(C(F)(F)F)n(C)c4=O)cc23)c1. The van der Waals surface area contributed by atoms with E-state index in [0.29, 0.717) is 27.5 Å². The molecule has 0 saturated heterocycles. The first kappa shape index (κ1) is 22.8. The second-order valence-electron chi connectivity index (χ2n) is 7.92. The van der Waals surface area contributed by atoms with Gasteiger partial charge in [-0.2, -0.15) is 17.5 Å². The Hall–Kier alpha value is -3.40. The van der Waals surface area contributed by atoms with Gasteiger partial charge in [0.15, 0.2) is 0 Å². The lowest BCUT2D eigenvalue weighted by Gasteiger charge is -2.15. The van der Waals surface area contributed by atoms with Crippen LogP contribution in [0.1, 0.15) is 25.1 Å². The van der Waals surface area contributed by atoms with Crippen LogP contribution in [-0.4, -0.2) is 19.6 Å². The zero-order valence-corrected chi connectivity index (χ0v) is 19.0. The molecule has 0 aliphatic heterocycles. The predicted molar refractivity (Wildman–Crippen MR) is 121 cm³/mol. The molecule has 33 heavy (non-hydrogen) atoms. The summed E-state index contributed by atoms with van der Waals surface area (Å²) < 4.78 is 52.0. The highest BCUT2D eigenvalue weighted by molar-refractivity contribution is 7.13. The number of halogens is 3. The number of fused-ring (bicyclic) bond motifs is 1. The lowest BCUT2D eigenvalue weighted by atomic mass is 10.0. The maximum absolute atomic E-state index is 13.2. The van der Waals surface area contributed by atoms with Crippen LogP contribution in [0.2, 0.25) is 0 Å². The number of aryl methyl sites for hydroxylation is 1. The van der Waals surface area contributed by atoms with Crippen LogP contribution in [0.25, 0.3) is 27.0 Å². The number of hydrogen-bond acceptors (Lipinski definition) is 5. The molecule has 10 heteroatoms. The van der Waals surface area contributed by atoms with Crippen LogP contribution in [-0.2, 0) is 13.2 Å². The van der Waals surface area contributed by atoms with Gasteiger partial charge in [-0.15, -0.1) is 0 Å². The number of benzene rings is 2. The molecule has 0 atom stereocenters. The van der Waals surface area contributed by atoms with E-state index in [-0.39, 0.29) is 11.8 Å². The third-order valence-corrected chi connectivity index (χ3v) is 5.90.